The van der Waals surface area contributed by atoms with Gasteiger partial charge in [-0.2, -0.15) is 0 Å². The van der Waals surface area contributed by atoms with Crippen molar-refractivity contribution in [3.05, 3.63) is 34.9 Å². The van der Waals surface area contributed by atoms with Crippen molar-refractivity contribution in [1.82, 2.24) is 4.90 Å². The number of benzene rings is 1. The minimum Gasteiger partial charge on any atom is -0.480 e. The van der Waals surface area contributed by atoms with Crippen LogP contribution in [0.1, 0.15) is 26.3 Å². The van der Waals surface area contributed by atoms with E-state index in [1.165, 1.54) is 4.90 Å². The molecule has 1 unspecified atom stereocenters. The molecule has 0 saturated carbocycles. The van der Waals surface area contributed by atoms with E-state index in [0.717, 1.165) is 5.56 Å². The van der Waals surface area contributed by atoms with E-state index in [-0.39, 0.29) is 30.8 Å². The summed E-state index contributed by atoms with van der Waals surface area (Å²) in [6, 6.07) is 7.05. The summed E-state index contributed by atoms with van der Waals surface area (Å²) < 4.78 is 0. The molecule has 0 aliphatic carbocycles. The molecule has 5 heteroatoms. The van der Waals surface area contributed by atoms with Crippen molar-refractivity contribution in [2.24, 2.45) is 11.8 Å². The lowest BCUT2D eigenvalue weighted by Crippen LogP contribution is -2.39. The van der Waals surface area contributed by atoms with Crippen LogP contribution in [0.2, 0.25) is 5.02 Å². The van der Waals surface area contributed by atoms with Crippen molar-refractivity contribution in [3.8, 4) is 0 Å². The molecule has 0 spiro atoms. The van der Waals surface area contributed by atoms with Crippen LogP contribution in [0.25, 0.3) is 0 Å². The minimum absolute atomic E-state index is 0.141. The van der Waals surface area contributed by atoms with Crippen molar-refractivity contribution in [3.63, 3.8) is 0 Å². The van der Waals surface area contributed by atoms with Gasteiger partial charge in [-0.25, -0.2) is 0 Å². The number of amides is 1. The third-order valence-electron chi connectivity index (χ3n) is 3.31. The molecule has 0 bridgehead atoms. The maximum absolute atomic E-state index is 12.3. The summed E-state index contributed by atoms with van der Waals surface area (Å²) in [5.41, 5.74) is 0.861. The fourth-order valence-electron chi connectivity index (χ4n) is 1.76. The first-order valence-electron chi connectivity index (χ1n) is 6.56. The Morgan fingerprint density at radius 1 is 1.20 bits per heavy atom. The minimum atomic E-state index is -1.01. The maximum atomic E-state index is 12.3. The summed E-state index contributed by atoms with van der Waals surface area (Å²) in [5, 5.41) is 9.57. The van der Waals surface area contributed by atoms with Crippen molar-refractivity contribution >= 4 is 23.5 Å². The number of rotatable bonds is 6. The fourth-order valence-corrected chi connectivity index (χ4v) is 1.88. The van der Waals surface area contributed by atoms with Gasteiger partial charge in [-0.05, 0) is 23.6 Å². The molecule has 0 aromatic heterocycles. The molecule has 1 aromatic carbocycles. The van der Waals surface area contributed by atoms with E-state index < -0.39 is 5.97 Å². The van der Waals surface area contributed by atoms with Crippen LogP contribution in [0.4, 0.5) is 0 Å². The average Bonchev–Trinajstić information content (AvgIpc) is 2.38. The molecular weight excluding hydrogens is 278 g/mol. The summed E-state index contributed by atoms with van der Waals surface area (Å²) in [6.45, 7) is 5.70. The number of hydrogen-bond donors (Lipinski definition) is 1. The highest BCUT2D eigenvalue weighted by atomic mass is 35.5. The first kappa shape index (κ1) is 16.5. The molecule has 1 amide bonds. The Kier molecular flexibility index (Phi) is 6.02. The number of carbonyl (C=O) groups excluding carboxylic acids is 1. The van der Waals surface area contributed by atoms with E-state index in [9.17, 15) is 9.59 Å². The topological polar surface area (TPSA) is 57.6 Å². The fraction of sp³-hybridized carbons (Fsp3) is 0.467. The second kappa shape index (κ2) is 7.29. The predicted molar refractivity (Wildman–Crippen MR) is 78.5 cm³/mol. The van der Waals surface area contributed by atoms with Gasteiger partial charge in [0.2, 0.25) is 5.91 Å². The highest BCUT2D eigenvalue weighted by Crippen LogP contribution is 2.17. The standard InChI is InChI=1S/C15H20ClNO3/c1-10(2)11(3)15(20)17(9-14(18)19)8-12-4-6-13(16)7-5-12/h4-7,10-11H,8-9H2,1-3H3,(H,18,19). The quantitative estimate of drug-likeness (QED) is 0.878. The molecule has 0 aliphatic rings. The zero-order valence-electron chi connectivity index (χ0n) is 12.0. The van der Waals surface area contributed by atoms with Gasteiger partial charge in [0.25, 0.3) is 0 Å². The smallest absolute Gasteiger partial charge is 0.323 e. The van der Waals surface area contributed by atoms with Crippen molar-refractivity contribution in [2.75, 3.05) is 6.54 Å². The number of halogens is 1. The van der Waals surface area contributed by atoms with E-state index in [0.29, 0.717) is 5.02 Å². The van der Waals surface area contributed by atoms with Crippen molar-refractivity contribution in [2.45, 2.75) is 27.3 Å². The maximum Gasteiger partial charge on any atom is 0.323 e. The second-order valence-electron chi connectivity index (χ2n) is 5.25. The van der Waals surface area contributed by atoms with E-state index in [2.05, 4.69) is 0 Å². The molecule has 0 fully saturated rings. The summed E-state index contributed by atoms with van der Waals surface area (Å²) in [6.07, 6.45) is 0. The normalized spacial score (nSPS) is 12.2. The van der Waals surface area contributed by atoms with Crippen LogP contribution in [-0.2, 0) is 16.1 Å². The van der Waals surface area contributed by atoms with Gasteiger partial charge in [-0.3, -0.25) is 9.59 Å². The van der Waals surface area contributed by atoms with E-state index >= 15 is 0 Å². The Balaban J connectivity index is 2.86. The van der Waals surface area contributed by atoms with Gasteiger partial charge in [-0.1, -0.05) is 44.5 Å². The summed E-state index contributed by atoms with van der Waals surface area (Å²) in [7, 11) is 0. The van der Waals surface area contributed by atoms with Crippen molar-refractivity contribution < 1.29 is 14.7 Å². The van der Waals surface area contributed by atoms with E-state index in [1.54, 1.807) is 24.3 Å². The molecule has 0 saturated heterocycles. The molecule has 1 atom stereocenters. The molecular formula is C15H20ClNO3. The van der Waals surface area contributed by atoms with Gasteiger partial charge in [-0.15, -0.1) is 0 Å². The largest absolute Gasteiger partial charge is 0.480 e. The van der Waals surface area contributed by atoms with Crippen LogP contribution in [0.15, 0.2) is 24.3 Å². The van der Waals surface area contributed by atoms with Crippen LogP contribution >= 0.6 is 11.6 Å². The number of aliphatic carboxylic acids is 1. The highest BCUT2D eigenvalue weighted by molar-refractivity contribution is 6.30. The summed E-state index contributed by atoms with van der Waals surface area (Å²) in [5.74, 6) is -1.19. The third-order valence-corrected chi connectivity index (χ3v) is 3.57. The first-order valence-corrected chi connectivity index (χ1v) is 6.94. The number of nitrogens with zero attached hydrogens (tertiary/aromatic N) is 1. The Labute approximate surface area is 124 Å². The number of carbonyl (C=O) groups is 2. The van der Waals surface area contributed by atoms with Crippen molar-refractivity contribution in [1.29, 1.82) is 0 Å². The lowest BCUT2D eigenvalue weighted by molar-refractivity contribution is -0.147. The zero-order valence-corrected chi connectivity index (χ0v) is 12.7. The van der Waals surface area contributed by atoms with Crippen LogP contribution in [0, 0.1) is 11.8 Å². The molecule has 1 rings (SSSR count). The Bertz CT molecular complexity index is 471. The van der Waals surface area contributed by atoms with Crippen LogP contribution in [0.5, 0.6) is 0 Å². The van der Waals surface area contributed by atoms with Gasteiger partial charge < -0.3 is 10.0 Å². The molecule has 20 heavy (non-hydrogen) atoms. The second-order valence-corrected chi connectivity index (χ2v) is 5.68. The Morgan fingerprint density at radius 3 is 2.20 bits per heavy atom. The lowest BCUT2D eigenvalue weighted by Gasteiger charge is -2.26. The monoisotopic (exact) mass is 297 g/mol. The van der Waals surface area contributed by atoms with Crippen LogP contribution < -0.4 is 0 Å². The molecule has 4 nitrogen and oxygen atoms in total. The molecule has 0 aliphatic heterocycles. The van der Waals surface area contributed by atoms with E-state index in [4.69, 9.17) is 16.7 Å². The first-order chi connectivity index (χ1) is 9.31. The van der Waals surface area contributed by atoms with Crippen LogP contribution in [0.3, 0.4) is 0 Å². The zero-order chi connectivity index (χ0) is 15.3. The predicted octanol–water partition coefficient (Wildman–Crippen LogP) is 3.05. The van der Waals surface area contributed by atoms with Gasteiger partial charge in [0.15, 0.2) is 0 Å². The van der Waals surface area contributed by atoms with E-state index in [1.807, 2.05) is 20.8 Å². The van der Waals surface area contributed by atoms with Gasteiger partial charge in [0, 0.05) is 17.5 Å². The van der Waals surface area contributed by atoms with Crippen LogP contribution in [-0.4, -0.2) is 28.4 Å². The Morgan fingerprint density at radius 2 is 1.75 bits per heavy atom. The molecule has 1 N–H and O–H groups in total. The average molecular weight is 298 g/mol. The number of carboxylic acids is 1. The van der Waals surface area contributed by atoms with Gasteiger partial charge in [0.1, 0.15) is 6.54 Å². The molecule has 0 heterocycles. The van der Waals surface area contributed by atoms with Gasteiger partial charge >= 0.3 is 5.97 Å². The third kappa shape index (κ3) is 4.85. The summed E-state index contributed by atoms with van der Waals surface area (Å²) >= 11 is 5.81. The Hall–Kier alpha value is -1.55. The molecule has 1 aromatic rings. The summed E-state index contributed by atoms with van der Waals surface area (Å²) in [4.78, 5) is 24.6. The SMILES string of the molecule is CC(C)C(C)C(=O)N(CC(=O)O)Cc1ccc(Cl)cc1. The molecule has 0 radical (unpaired) electrons. The lowest BCUT2D eigenvalue weighted by atomic mass is 9.96. The highest BCUT2D eigenvalue weighted by Gasteiger charge is 2.24. The van der Waals surface area contributed by atoms with Gasteiger partial charge in [0.05, 0.1) is 0 Å². The number of hydrogen-bond acceptors (Lipinski definition) is 2. The number of carboxylic acid groups (broad SMARTS) is 1. The molecule has 110 valence electrons.